The van der Waals surface area contributed by atoms with Crippen LogP contribution >= 0.6 is 7.92 Å². The summed E-state index contributed by atoms with van der Waals surface area (Å²) in [4.78, 5) is 3.49. The van der Waals surface area contributed by atoms with Gasteiger partial charge >= 0.3 is 0 Å². The molecular weight excluding hydrogens is 658 g/mol. The van der Waals surface area contributed by atoms with Gasteiger partial charge in [0.05, 0.1) is 5.28 Å². The average Bonchev–Trinajstić information content (AvgIpc) is 3.09. The zero-order chi connectivity index (χ0) is 34.4. The van der Waals surface area contributed by atoms with E-state index in [9.17, 15) is 0 Å². The first-order valence-corrected chi connectivity index (χ1v) is 26.2. The van der Waals surface area contributed by atoms with E-state index in [4.69, 9.17) is 0 Å². The number of nitrogens with zero attached hydrogens (tertiary/aromatic N) is 1. The van der Waals surface area contributed by atoms with E-state index in [1.165, 1.54) is 32.4 Å². The Kier molecular flexibility index (Phi) is 6.88. The third-order valence-corrected chi connectivity index (χ3v) is 26.3. The standard InChI is InChI=1S/C51H74NP/c1-2-7-52(8-3-1)51(53(49-27-39-15-40(28-49)17-41(16-39)29-49)50-30-42-18-43(31-50)20-44(19-42)32-50)6-4-5-45(47-21-33-9-34(22-47)11-35(10-33)23-47)46(51)48-24-36-12-37(25-48)14-38(13-36)26-48/h4-6,33-44,46H,1-3,7-32H2. The minimum Gasteiger partial charge on any atom is -0.290 e. The van der Waals surface area contributed by atoms with Gasteiger partial charge in [0.2, 0.25) is 0 Å². The predicted octanol–water partition coefficient (Wildman–Crippen LogP) is 13.1. The smallest absolute Gasteiger partial charge is 0.0673 e. The molecule has 1 saturated heterocycles. The van der Waals surface area contributed by atoms with Gasteiger partial charge in [-0.05, 0) is 272 Å². The Morgan fingerprint density at radius 2 is 0.792 bits per heavy atom. The van der Waals surface area contributed by atoms with E-state index in [0.717, 1.165) is 76.9 Å². The summed E-state index contributed by atoms with van der Waals surface area (Å²) < 4.78 is 0. The normalized spacial score (nSPS) is 61.4. The van der Waals surface area contributed by atoms with Crippen molar-refractivity contribution in [1.82, 2.24) is 4.90 Å². The van der Waals surface area contributed by atoms with Crippen molar-refractivity contribution in [2.75, 3.05) is 13.1 Å². The van der Waals surface area contributed by atoms with Gasteiger partial charge in [0.1, 0.15) is 0 Å². The number of hydrogen-bond donors (Lipinski definition) is 0. The molecule has 0 N–H and O–H groups in total. The molecule has 0 aromatic rings. The summed E-state index contributed by atoms with van der Waals surface area (Å²) in [7, 11) is -0.195. The van der Waals surface area contributed by atoms with Gasteiger partial charge in [-0.25, -0.2) is 0 Å². The molecule has 18 rings (SSSR count). The molecule has 2 atom stereocenters. The molecule has 1 nitrogen and oxygen atoms in total. The fourth-order valence-electron chi connectivity index (χ4n) is 22.8. The molecule has 53 heavy (non-hydrogen) atoms. The summed E-state index contributed by atoms with van der Waals surface area (Å²) >= 11 is 0. The Balaban J connectivity index is 1.03. The van der Waals surface area contributed by atoms with Crippen LogP contribution in [0, 0.1) is 87.8 Å². The van der Waals surface area contributed by atoms with Crippen LogP contribution in [-0.2, 0) is 0 Å². The fourth-order valence-corrected chi connectivity index (χ4v) is 29.4. The second-order valence-corrected chi connectivity index (χ2v) is 28.6. The first-order valence-electron chi connectivity index (χ1n) is 24.8. The SMILES string of the molecule is C1=CC(N2CCCCC2)(P(C23CC4CC(CC(C4)C2)C3)C23CC4CC(CC(C4)C2)C3)C(C23CC4CC(CC(C4)C2)C3)C(C23CC4CC(CC(C4)C2)C3)=C1. The summed E-state index contributed by atoms with van der Waals surface area (Å²) in [5.74, 6) is 13.7. The van der Waals surface area contributed by atoms with Crippen LogP contribution in [-0.4, -0.2) is 33.6 Å². The maximum Gasteiger partial charge on any atom is 0.0673 e. The summed E-state index contributed by atoms with van der Waals surface area (Å²) in [6.07, 6.45) is 52.9. The van der Waals surface area contributed by atoms with Crippen molar-refractivity contribution in [1.29, 1.82) is 0 Å². The lowest BCUT2D eigenvalue weighted by molar-refractivity contribution is -0.116. The van der Waals surface area contributed by atoms with Crippen LogP contribution in [0.25, 0.3) is 0 Å². The average molecular weight is 732 g/mol. The monoisotopic (exact) mass is 732 g/mol. The van der Waals surface area contributed by atoms with E-state index < -0.39 is 0 Å². The van der Waals surface area contributed by atoms with Crippen molar-refractivity contribution in [3.8, 4) is 0 Å². The second kappa shape index (κ2) is 11.1. The highest BCUT2D eigenvalue weighted by atomic mass is 31.1. The van der Waals surface area contributed by atoms with Crippen molar-refractivity contribution < 1.29 is 0 Å². The molecule has 0 amide bonds. The second-order valence-electron chi connectivity index (χ2n) is 25.3. The molecule has 17 fully saturated rings. The highest BCUT2D eigenvalue weighted by Gasteiger charge is 2.73. The van der Waals surface area contributed by atoms with E-state index in [2.05, 4.69) is 28.7 Å². The molecule has 2 unspecified atom stereocenters. The maximum absolute atomic E-state index is 3.49. The van der Waals surface area contributed by atoms with E-state index in [1.54, 1.807) is 154 Å². The van der Waals surface area contributed by atoms with Crippen molar-refractivity contribution in [3.05, 3.63) is 23.8 Å². The lowest BCUT2D eigenvalue weighted by atomic mass is 9.40. The van der Waals surface area contributed by atoms with E-state index in [1.807, 2.05) is 0 Å². The van der Waals surface area contributed by atoms with Gasteiger partial charge in [-0.15, -0.1) is 0 Å². The largest absolute Gasteiger partial charge is 0.290 e. The third-order valence-electron chi connectivity index (χ3n) is 21.9. The van der Waals surface area contributed by atoms with Gasteiger partial charge < -0.3 is 0 Å². The van der Waals surface area contributed by atoms with E-state index in [-0.39, 0.29) is 7.92 Å². The van der Waals surface area contributed by atoms with Crippen LogP contribution in [0.4, 0.5) is 0 Å². The Bertz CT molecular complexity index is 1400. The van der Waals surface area contributed by atoms with Crippen molar-refractivity contribution >= 4 is 7.92 Å². The van der Waals surface area contributed by atoms with Gasteiger partial charge in [-0.2, -0.15) is 0 Å². The minimum atomic E-state index is -0.195. The minimum absolute atomic E-state index is 0.195. The molecule has 0 aromatic heterocycles. The van der Waals surface area contributed by atoms with Gasteiger partial charge in [0.15, 0.2) is 0 Å². The Labute approximate surface area is 325 Å². The zero-order valence-electron chi connectivity index (χ0n) is 33.6. The van der Waals surface area contributed by atoms with Crippen LogP contribution in [0.1, 0.15) is 173 Å². The quantitative estimate of drug-likeness (QED) is 0.246. The summed E-state index contributed by atoms with van der Waals surface area (Å²) in [5.41, 5.74) is 3.34. The van der Waals surface area contributed by atoms with Crippen molar-refractivity contribution in [3.63, 3.8) is 0 Å². The molecule has 288 valence electrons. The summed E-state index contributed by atoms with van der Waals surface area (Å²) in [6, 6.07) is 0. The Hall–Kier alpha value is -0.130. The highest BCUT2D eigenvalue weighted by molar-refractivity contribution is 7.63. The van der Waals surface area contributed by atoms with Crippen LogP contribution in [0.5, 0.6) is 0 Å². The molecule has 1 aliphatic heterocycles. The van der Waals surface area contributed by atoms with Gasteiger partial charge in [-0.3, -0.25) is 4.90 Å². The van der Waals surface area contributed by atoms with Gasteiger partial charge in [0.25, 0.3) is 0 Å². The lowest BCUT2D eigenvalue weighted by Gasteiger charge is -2.76. The molecule has 0 aromatic carbocycles. The number of piperidine rings is 1. The first kappa shape index (κ1) is 32.8. The Morgan fingerprint density at radius 1 is 0.434 bits per heavy atom. The number of allylic oxidation sites excluding steroid dienone is 2. The molecule has 1 heterocycles. The maximum atomic E-state index is 3.49. The van der Waals surface area contributed by atoms with Gasteiger partial charge in [0, 0.05) is 5.92 Å². The van der Waals surface area contributed by atoms with E-state index in [0.29, 0.717) is 26.4 Å². The molecular formula is C51H74NP. The lowest BCUT2D eigenvalue weighted by Crippen LogP contribution is -2.69. The molecule has 17 aliphatic carbocycles. The van der Waals surface area contributed by atoms with Gasteiger partial charge in [-0.1, -0.05) is 38.1 Å². The molecule has 0 radical (unpaired) electrons. The molecule has 16 saturated carbocycles. The van der Waals surface area contributed by atoms with E-state index >= 15 is 0 Å². The summed E-state index contributed by atoms with van der Waals surface area (Å²) in [5, 5.41) is 1.70. The molecule has 0 spiro atoms. The third kappa shape index (κ3) is 4.52. The molecule has 2 heteroatoms. The summed E-state index contributed by atoms with van der Waals surface area (Å²) in [6.45, 7) is 2.89. The number of rotatable bonds is 6. The van der Waals surface area contributed by atoms with Crippen LogP contribution in [0.2, 0.25) is 0 Å². The molecule has 16 bridgehead atoms. The number of likely N-dealkylation sites (tertiary alicyclic amines) is 1. The van der Waals surface area contributed by atoms with Crippen molar-refractivity contribution in [2.45, 2.75) is 189 Å². The highest BCUT2D eigenvalue weighted by Crippen LogP contribution is 2.87. The number of hydrogen-bond acceptors (Lipinski definition) is 1. The zero-order valence-corrected chi connectivity index (χ0v) is 34.5. The first-order chi connectivity index (χ1) is 25.9. The fraction of sp³-hybridized carbons (Fsp3) is 0.922. The predicted molar refractivity (Wildman–Crippen MR) is 219 cm³/mol. The topological polar surface area (TPSA) is 3.24 Å². The van der Waals surface area contributed by atoms with Crippen LogP contribution < -0.4 is 0 Å². The Morgan fingerprint density at radius 3 is 1.19 bits per heavy atom. The van der Waals surface area contributed by atoms with Crippen LogP contribution in [0.3, 0.4) is 0 Å². The van der Waals surface area contributed by atoms with Crippen molar-refractivity contribution in [2.24, 2.45) is 87.8 Å². The molecule has 18 aliphatic rings. The van der Waals surface area contributed by atoms with Crippen LogP contribution in [0.15, 0.2) is 23.8 Å².